The summed E-state index contributed by atoms with van der Waals surface area (Å²) in [6, 6.07) is 6.18. The third kappa shape index (κ3) is 2.71. The number of benzene rings is 1. The Morgan fingerprint density at radius 2 is 2.29 bits per heavy atom. The minimum Gasteiger partial charge on any atom is -0.495 e. The van der Waals surface area contributed by atoms with E-state index in [4.69, 9.17) is 20.8 Å². The highest BCUT2D eigenvalue weighted by Gasteiger charge is 2.06. The summed E-state index contributed by atoms with van der Waals surface area (Å²) < 4.78 is 10.3. The quantitative estimate of drug-likeness (QED) is 0.909. The fourth-order valence-corrected chi connectivity index (χ4v) is 1.81. The van der Waals surface area contributed by atoms with Crippen molar-refractivity contribution in [3.8, 4) is 5.75 Å². The van der Waals surface area contributed by atoms with E-state index in [9.17, 15) is 0 Å². The summed E-state index contributed by atoms with van der Waals surface area (Å²) in [7, 11) is 3.36. The van der Waals surface area contributed by atoms with E-state index in [1.807, 2.05) is 18.2 Å². The molecule has 2 aromatic rings. The predicted molar refractivity (Wildman–Crippen MR) is 66.9 cm³/mol. The Labute approximate surface area is 105 Å². The maximum atomic E-state index is 6.05. The van der Waals surface area contributed by atoms with Crippen molar-refractivity contribution in [3.05, 3.63) is 40.7 Å². The van der Waals surface area contributed by atoms with Crippen LogP contribution in [0.5, 0.6) is 5.75 Å². The average molecular weight is 253 g/mol. The highest BCUT2D eigenvalue weighted by Crippen LogP contribution is 2.26. The highest BCUT2D eigenvalue weighted by atomic mass is 35.5. The van der Waals surface area contributed by atoms with E-state index < -0.39 is 0 Å². The summed E-state index contributed by atoms with van der Waals surface area (Å²) in [5.74, 6) is 0.673. The molecule has 0 radical (unpaired) electrons. The Morgan fingerprint density at radius 3 is 2.88 bits per heavy atom. The van der Waals surface area contributed by atoms with Crippen molar-refractivity contribution in [1.29, 1.82) is 0 Å². The number of rotatable bonds is 4. The van der Waals surface area contributed by atoms with Crippen molar-refractivity contribution in [3.63, 3.8) is 0 Å². The molecule has 1 N–H and O–H groups in total. The highest BCUT2D eigenvalue weighted by molar-refractivity contribution is 6.32. The van der Waals surface area contributed by atoms with E-state index in [-0.39, 0.29) is 0 Å². The van der Waals surface area contributed by atoms with Gasteiger partial charge in [0.15, 0.2) is 0 Å². The van der Waals surface area contributed by atoms with Crippen LogP contribution in [-0.2, 0) is 6.42 Å². The van der Waals surface area contributed by atoms with Crippen LogP contribution < -0.4 is 10.1 Å². The smallest absolute Gasteiger partial charge is 0.294 e. The van der Waals surface area contributed by atoms with Crippen LogP contribution in [0.25, 0.3) is 0 Å². The van der Waals surface area contributed by atoms with Gasteiger partial charge in [0.05, 0.1) is 17.8 Å². The molecule has 0 fully saturated rings. The zero-order chi connectivity index (χ0) is 12.3. The summed E-state index contributed by atoms with van der Waals surface area (Å²) in [5.41, 5.74) is 1.92. The molecule has 1 aromatic heterocycles. The Morgan fingerprint density at radius 1 is 1.47 bits per heavy atom. The zero-order valence-corrected chi connectivity index (χ0v) is 10.4. The molecule has 17 heavy (non-hydrogen) atoms. The Hall–Kier alpha value is -1.68. The molecule has 0 amide bonds. The fourth-order valence-electron chi connectivity index (χ4n) is 1.53. The summed E-state index contributed by atoms with van der Waals surface area (Å²) >= 11 is 6.05. The Bertz CT molecular complexity index is 511. The van der Waals surface area contributed by atoms with Gasteiger partial charge in [0.2, 0.25) is 0 Å². The molecule has 0 spiro atoms. The maximum absolute atomic E-state index is 6.05. The average Bonchev–Trinajstić information content (AvgIpc) is 2.77. The molecule has 0 unspecified atom stereocenters. The second-order valence-corrected chi connectivity index (χ2v) is 3.95. The molecule has 0 aliphatic rings. The van der Waals surface area contributed by atoms with Crippen molar-refractivity contribution >= 4 is 17.6 Å². The molecule has 4 nitrogen and oxygen atoms in total. The lowest BCUT2D eigenvalue weighted by Gasteiger charge is -2.04. The first-order valence-electron chi connectivity index (χ1n) is 5.17. The molecular weight excluding hydrogens is 240 g/mol. The van der Waals surface area contributed by atoms with Gasteiger partial charge >= 0.3 is 0 Å². The van der Waals surface area contributed by atoms with Crippen LogP contribution in [0.4, 0.5) is 6.01 Å². The van der Waals surface area contributed by atoms with E-state index in [1.54, 1.807) is 20.4 Å². The molecule has 2 rings (SSSR count). The minimum atomic E-state index is 0.514. The number of hydrogen-bond donors (Lipinski definition) is 1. The normalized spacial score (nSPS) is 10.3. The van der Waals surface area contributed by atoms with Gasteiger partial charge in [-0.05, 0) is 17.7 Å². The SMILES string of the molecule is CNc1nc(Cc2ccc(OC)c(Cl)c2)co1. The lowest BCUT2D eigenvalue weighted by atomic mass is 10.1. The number of nitrogens with one attached hydrogen (secondary N) is 1. The fraction of sp³-hybridized carbons (Fsp3) is 0.250. The van der Waals surface area contributed by atoms with Crippen LogP contribution in [0.1, 0.15) is 11.3 Å². The molecule has 1 aromatic carbocycles. The van der Waals surface area contributed by atoms with Crippen LogP contribution in [0.2, 0.25) is 5.02 Å². The molecule has 0 aliphatic carbocycles. The molecule has 5 heteroatoms. The topological polar surface area (TPSA) is 47.3 Å². The van der Waals surface area contributed by atoms with Crippen molar-refractivity contribution in [1.82, 2.24) is 4.98 Å². The maximum Gasteiger partial charge on any atom is 0.294 e. The second-order valence-electron chi connectivity index (χ2n) is 3.54. The predicted octanol–water partition coefficient (Wildman–Crippen LogP) is 2.97. The van der Waals surface area contributed by atoms with E-state index in [0.717, 1.165) is 11.3 Å². The van der Waals surface area contributed by atoms with Crippen molar-refractivity contribution < 1.29 is 9.15 Å². The zero-order valence-electron chi connectivity index (χ0n) is 9.66. The molecule has 0 atom stereocenters. The molecule has 0 saturated carbocycles. The monoisotopic (exact) mass is 252 g/mol. The van der Waals surface area contributed by atoms with Crippen LogP contribution in [-0.4, -0.2) is 19.1 Å². The number of aromatic nitrogens is 1. The van der Waals surface area contributed by atoms with E-state index in [0.29, 0.717) is 23.2 Å². The van der Waals surface area contributed by atoms with E-state index in [2.05, 4.69) is 10.3 Å². The standard InChI is InChI=1S/C12H13ClN2O2/c1-14-12-15-9(7-17-12)5-8-3-4-11(16-2)10(13)6-8/h3-4,6-7H,5H2,1-2H3,(H,14,15). The van der Waals surface area contributed by atoms with Crippen LogP contribution >= 0.6 is 11.6 Å². The molecular formula is C12H13ClN2O2. The van der Waals surface area contributed by atoms with E-state index >= 15 is 0 Å². The summed E-state index contributed by atoms with van der Waals surface area (Å²) in [4.78, 5) is 4.24. The van der Waals surface area contributed by atoms with Crippen LogP contribution in [0, 0.1) is 0 Å². The van der Waals surface area contributed by atoms with Gasteiger partial charge in [0.1, 0.15) is 12.0 Å². The van der Waals surface area contributed by atoms with Gasteiger partial charge < -0.3 is 14.5 Å². The first kappa shape index (κ1) is 11.8. The van der Waals surface area contributed by atoms with Gasteiger partial charge in [-0.1, -0.05) is 17.7 Å². The largest absolute Gasteiger partial charge is 0.495 e. The minimum absolute atomic E-state index is 0.514. The molecule has 1 heterocycles. The lowest BCUT2D eigenvalue weighted by molar-refractivity contribution is 0.415. The first-order valence-corrected chi connectivity index (χ1v) is 5.55. The van der Waals surface area contributed by atoms with Crippen LogP contribution in [0.15, 0.2) is 28.9 Å². The van der Waals surface area contributed by atoms with Crippen molar-refractivity contribution in [2.24, 2.45) is 0 Å². The van der Waals surface area contributed by atoms with Gasteiger partial charge in [-0.3, -0.25) is 0 Å². The molecule has 0 aliphatic heterocycles. The first-order chi connectivity index (χ1) is 8.22. The lowest BCUT2D eigenvalue weighted by Crippen LogP contribution is -1.92. The number of hydrogen-bond acceptors (Lipinski definition) is 4. The van der Waals surface area contributed by atoms with Crippen molar-refractivity contribution in [2.75, 3.05) is 19.5 Å². The Kier molecular flexibility index (Phi) is 3.54. The number of oxazole rings is 1. The molecule has 90 valence electrons. The summed E-state index contributed by atoms with van der Waals surface area (Å²) in [6.07, 6.45) is 2.30. The number of methoxy groups -OCH3 is 1. The Balaban J connectivity index is 2.15. The third-order valence-corrected chi connectivity index (χ3v) is 2.66. The number of ether oxygens (including phenoxy) is 1. The summed E-state index contributed by atoms with van der Waals surface area (Å²) in [5, 5.41) is 3.44. The molecule has 0 bridgehead atoms. The van der Waals surface area contributed by atoms with Gasteiger partial charge in [-0.2, -0.15) is 4.98 Å². The van der Waals surface area contributed by atoms with Gasteiger partial charge in [0.25, 0.3) is 6.01 Å². The van der Waals surface area contributed by atoms with Crippen molar-refractivity contribution in [2.45, 2.75) is 6.42 Å². The van der Waals surface area contributed by atoms with Gasteiger partial charge in [0, 0.05) is 13.5 Å². The van der Waals surface area contributed by atoms with E-state index in [1.165, 1.54) is 0 Å². The second kappa shape index (κ2) is 5.10. The molecule has 0 saturated heterocycles. The van der Waals surface area contributed by atoms with Crippen LogP contribution in [0.3, 0.4) is 0 Å². The number of nitrogens with zero attached hydrogens (tertiary/aromatic N) is 1. The number of halogens is 1. The number of anilines is 1. The third-order valence-electron chi connectivity index (χ3n) is 2.37. The van der Waals surface area contributed by atoms with Gasteiger partial charge in [-0.25, -0.2) is 0 Å². The summed E-state index contributed by atoms with van der Waals surface area (Å²) in [6.45, 7) is 0. The van der Waals surface area contributed by atoms with Gasteiger partial charge in [-0.15, -0.1) is 0 Å².